The largest absolute Gasteiger partial charge is 0.416 e. The minimum atomic E-state index is -4.60. The third kappa shape index (κ3) is 5.00. The molecule has 0 aliphatic carbocycles. The summed E-state index contributed by atoms with van der Waals surface area (Å²) in [5.41, 5.74) is 0.909. The normalized spacial score (nSPS) is 23.1. The highest BCUT2D eigenvalue weighted by Crippen LogP contribution is 2.39. The van der Waals surface area contributed by atoms with Crippen LogP contribution in [0.5, 0.6) is 0 Å². The van der Waals surface area contributed by atoms with E-state index in [0.717, 1.165) is 42.5 Å². The molecule has 3 aromatic heterocycles. The Balaban J connectivity index is 1.35. The topological polar surface area (TPSA) is 76.6 Å². The second-order valence-corrected chi connectivity index (χ2v) is 12.0. The molecule has 2 aliphatic rings. The van der Waals surface area contributed by atoms with E-state index in [0.29, 0.717) is 37.3 Å². The van der Waals surface area contributed by atoms with Crippen LogP contribution in [0.15, 0.2) is 24.5 Å². The first-order valence-electron chi connectivity index (χ1n) is 14.5. The zero-order valence-corrected chi connectivity index (χ0v) is 24.4. The van der Waals surface area contributed by atoms with Crippen LogP contribution < -0.4 is 4.90 Å². The summed E-state index contributed by atoms with van der Waals surface area (Å²) in [6.45, 7) is 12.6. The van der Waals surface area contributed by atoms with Gasteiger partial charge in [0, 0.05) is 43.4 Å². The van der Waals surface area contributed by atoms with Crippen LogP contribution in [0.2, 0.25) is 0 Å². The summed E-state index contributed by atoms with van der Waals surface area (Å²) in [6.07, 6.45) is -0.796. The number of aromatic nitrogens is 6. The van der Waals surface area contributed by atoms with Gasteiger partial charge in [-0.25, -0.2) is 13.8 Å². The summed E-state index contributed by atoms with van der Waals surface area (Å²) in [6, 6.07) is 2.37. The molecule has 0 unspecified atom stereocenters. The number of halogens is 4. The zero-order chi connectivity index (χ0) is 29.9. The first-order chi connectivity index (χ1) is 19.9. The average Bonchev–Trinajstić information content (AvgIpc) is 3.67. The Hall–Kier alpha value is -3.32. The van der Waals surface area contributed by atoms with Crippen LogP contribution in [0.1, 0.15) is 63.5 Å². The number of hydrogen-bond donors (Lipinski definition) is 0. The highest BCUT2D eigenvalue weighted by molar-refractivity contribution is 5.87. The third-order valence-corrected chi connectivity index (χ3v) is 8.66. The van der Waals surface area contributed by atoms with E-state index >= 15 is 4.39 Å². The lowest BCUT2D eigenvalue weighted by Crippen LogP contribution is -2.58. The number of anilines is 1. The summed E-state index contributed by atoms with van der Waals surface area (Å²) in [4.78, 5) is 14.3. The van der Waals surface area contributed by atoms with Gasteiger partial charge in [0.1, 0.15) is 23.5 Å². The Kier molecular flexibility index (Phi) is 7.37. The predicted octanol–water partition coefficient (Wildman–Crippen LogP) is 5.42. The molecule has 4 atom stereocenters. The molecule has 9 nitrogen and oxygen atoms in total. The summed E-state index contributed by atoms with van der Waals surface area (Å²) in [5.74, 6) is 1.16. The number of imidazole rings is 1. The van der Waals surface area contributed by atoms with Crippen molar-refractivity contribution in [2.24, 2.45) is 5.92 Å². The van der Waals surface area contributed by atoms with E-state index in [4.69, 9.17) is 14.7 Å². The maximum absolute atomic E-state index is 15.2. The lowest BCUT2D eigenvalue weighted by Gasteiger charge is -2.49. The first kappa shape index (κ1) is 28.8. The standard InChI is InChI=1S/C29H36F4N8O/c1-16(2)25(22-9-8-20(11-23(22)30)29(31,32)33)38-12-18(4)39(13-17(38)3)26-24-27(41-15-34-37-28(41)36-26)40(19(5)35-24)14-21-7-6-10-42-21/h8-9,11,15-18,21,25H,6-7,10,12-14H2,1-5H3/t17-,18+,21+,25-/m1/s1. The molecule has 2 saturated heterocycles. The van der Waals surface area contributed by atoms with Gasteiger partial charge in [0.25, 0.3) is 5.78 Å². The van der Waals surface area contributed by atoms with Gasteiger partial charge in [-0.2, -0.15) is 18.2 Å². The van der Waals surface area contributed by atoms with Gasteiger partial charge < -0.3 is 14.2 Å². The second-order valence-electron chi connectivity index (χ2n) is 12.0. The molecule has 2 aliphatic heterocycles. The number of fused-ring (bicyclic) bond motifs is 3. The molecule has 5 heterocycles. The van der Waals surface area contributed by atoms with Crippen molar-refractivity contribution >= 4 is 22.8 Å². The van der Waals surface area contributed by atoms with Crippen molar-refractivity contribution in [2.75, 3.05) is 24.6 Å². The fraction of sp³-hybridized carbons (Fsp3) is 0.586. The van der Waals surface area contributed by atoms with Crippen molar-refractivity contribution in [3.8, 4) is 0 Å². The highest BCUT2D eigenvalue weighted by Gasteiger charge is 2.39. The molecule has 0 N–H and O–H groups in total. The summed E-state index contributed by atoms with van der Waals surface area (Å²) in [5, 5.41) is 8.38. The predicted molar refractivity (Wildman–Crippen MR) is 150 cm³/mol. The fourth-order valence-electron chi connectivity index (χ4n) is 6.66. The first-order valence-corrected chi connectivity index (χ1v) is 14.5. The van der Waals surface area contributed by atoms with Crippen molar-refractivity contribution < 1.29 is 22.3 Å². The molecule has 0 amide bonds. The Morgan fingerprint density at radius 1 is 1.10 bits per heavy atom. The summed E-state index contributed by atoms with van der Waals surface area (Å²) in [7, 11) is 0. The smallest absolute Gasteiger partial charge is 0.376 e. The molecule has 0 bridgehead atoms. The molecule has 0 radical (unpaired) electrons. The van der Waals surface area contributed by atoms with Crippen LogP contribution in [-0.2, 0) is 17.5 Å². The Bertz CT molecular complexity index is 1590. The van der Waals surface area contributed by atoms with Gasteiger partial charge in [0.15, 0.2) is 11.5 Å². The molecule has 0 spiro atoms. The van der Waals surface area contributed by atoms with Crippen LogP contribution in [0.4, 0.5) is 23.4 Å². The van der Waals surface area contributed by atoms with Crippen LogP contribution in [0.3, 0.4) is 0 Å². The monoisotopic (exact) mass is 588 g/mol. The van der Waals surface area contributed by atoms with Gasteiger partial charge in [-0.15, -0.1) is 10.2 Å². The average molecular weight is 589 g/mol. The summed E-state index contributed by atoms with van der Waals surface area (Å²) >= 11 is 0. The number of nitrogens with zero attached hydrogens (tertiary/aromatic N) is 8. The highest BCUT2D eigenvalue weighted by atomic mass is 19.4. The van der Waals surface area contributed by atoms with E-state index in [1.54, 1.807) is 6.33 Å². The molecular weight excluding hydrogens is 552 g/mol. The van der Waals surface area contributed by atoms with Gasteiger partial charge in [-0.05, 0) is 51.7 Å². The summed E-state index contributed by atoms with van der Waals surface area (Å²) < 4.78 is 64.8. The number of hydrogen-bond acceptors (Lipinski definition) is 7. The Morgan fingerprint density at radius 3 is 2.55 bits per heavy atom. The SMILES string of the molecule is Cc1nc2c(N3C[C@@H](C)N([C@@H](c4ccc(C(F)(F)F)cc4F)C(C)C)C[C@@H]3C)nc3nncn3c2n1C[C@@H]1CCCO1. The van der Waals surface area contributed by atoms with Crippen molar-refractivity contribution in [1.82, 2.24) is 34.0 Å². The van der Waals surface area contributed by atoms with E-state index in [2.05, 4.69) is 38.4 Å². The minimum absolute atomic E-state index is 0.0363. The number of alkyl halides is 3. The molecule has 42 heavy (non-hydrogen) atoms. The molecule has 4 aromatic rings. The van der Waals surface area contributed by atoms with Crippen molar-refractivity contribution in [3.63, 3.8) is 0 Å². The lowest BCUT2D eigenvalue weighted by molar-refractivity contribution is -0.137. The Labute approximate surface area is 241 Å². The second kappa shape index (κ2) is 10.7. The number of aryl methyl sites for hydroxylation is 1. The van der Waals surface area contributed by atoms with Gasteiger partial charge in [-0.3, -0.25) is 4.90 Å². The Morgan fingerprint density at radius 2 is 1.88 bits per heavy atom. The molecule has 13 heteroatoms. The molecule has 226 valence electrons. The number of piperazine rings is 1. The zero-order valence-electron chi connectivity index (χ0n) is 24.4. The third-order valence-electron chi connectivity index (χ3n) is 8.66. The fourth-order valence-corrected chi connectivity index (χ4v) is 6.66. The van der Waals surface area contributed by atoms with Crippen LogP contribution in [-0.4, -0.2) is 71.9 Å². The number of rotatable bonds is 6. The quantitative estimate of drug-likeness (QED) is 0.279. The molecular formula is C29H36F4N8O. The van der Waals surface area contributed by atoms with E-state index in [-0.39, 0.29) is 29.7 Å². The van der Waals surface area contributed by atoms with Crippen LogP contribution in [0, 0.1) is 18.7 Å². The number of benzene rings is 1. The van der Waals surface area contributed by atoms with Gasteiger partial charge in [0.2, 0.25) is 0 Å². The lowest BCUT2D eigenvalue weighted by atomic mass is 9.90. The van der Waals surface area contributed by atoms with Crippen LogP contribution in [0.25, 0.3) is 16.9 Å². The van der Waals surface area contributed by atoms with E-state index < -0.39 is 23.6 Å². The van der Waals surface area contributed by atoms with E-state index in [9.17, 15) is 13.2 Å². The minimum Gasteiger partial charge on any atom is -0.376 e. The van der Waals surface area contributed by atoms with Crippen molar-refractivity contribution in [1.29, 1.82) is 0 Å². The van der Waals surface area contributed by atoms with Crippen molar-refractivity contribution in [2.45, 2.75) is 84.4 Å². The maximum Gasteiger partial charge on any atom is 0.416 e. The van der Waals surface area contributed by atoms with E-state index in [1.807, 2.05) is 25.2 Å². The molecule has 6 rings (SSSR count). The molecule has 2 fully saturated rings. The van der Waals surface area contributed by atoms with Gasteiger partial charge in [0.05, 0.1) is 18.2 Å². The van der Waals surface area contributed by atoms with Gasteiger partial charge in [-0.1, -0.05) is 19.9 Å². The van der Waals surface area contributed by atoms with Crippen molar-refractivity contribution in [3.05, 3.63) is 47.3 Å². The molecule has 0 saturated carbocycles. The van der Waals surface area contributed by atoms with E-state index in [1.165, 1.54) is 6.07 Å². The van der Waals surface area contributed by atoms with Crippen LogP contribution >= 0.6 is 0 Å². The molecule has 1 aromatic carbocycles. The van der Waals surface area contributed by atoms with Gasteiger partial charge >= 0.3 is 6.18 Å². The number of ether oxygens (including phenoxy) is 1. The maximum atomic E-state index is 15.2.